The molecule has 2 rings (SSSR count). The van der Waals surface area contributed by atoms with Crippen LogP contribution in [0, 0.1) is 6.92 Å². The Morgan fingerprint density at radius 2 is 2.07 bits per heavy atom. The summed E-state index contributed by atoms with van der Waals surface area (Å²) in [5.41, 5.74) is 1.27. The molecule has 1 aromatic rings. The maximum Gasteiger partial charge on any atom is 0.119 e. The van der Waals surface area contributed by atoms with Gasteiger partial charge in [0.15, 0.2) is 0 Å². The number of rotatable bonds is 2. The molecule has 0 bridgehead atoms. The van der Waals surface area contributed by atoms with Gasteiger partial charge in [-0.2, -0.15) is 11.8 Å². The van der Waals surface area contributed by atoms with E-state index in [0.717, 1.165) is 5.75 Å². The van der Waals surface area contributed by atoms with Crippen LogP contribution in [-0.4, -0.2) is 17.6 Å². The van der Waals surface area contributed by atoms with Crippen LogP contribution in [0.2, 0.25) is 0 Å². The highest BCUT2D eigenvalue weighted by atomic mass is 32.2. The quantitative estimate of drug-likeness (QED) is 0.737. The van der Waals surface area contributed by atoms with Crippen LogP contribution in [0.5, 0.6) is 5.75 Å². The Morgan fingerprint density at radius 3 is 2.79 bits per heavy atom. The first-order chi connectivity index (χ1) is 6.84. The van der Waals surface area contributed by atoms with Gasteiger partial charge < -0.3 is 4.74 Å². The summed E-state index contributed by atoms with van der Waals surface area (Å²) >= 11 is 2.03. The zero-order valence-corrected chi connectivity index (χ0v) is 9.35. The number of hydrogen-bond donors (Lipinski definition) is 0. The molecule has 0 aliphatic carbocycles. The summed E-state index contributed by atoms with van der Waals surface area (Å²) in [4.78, 5) is 0. The molecule has 0 spiro atoms. The normalized spacial score (nSPS) is 18.1. The molecular formula is C12H16OS. The summed E-state index contributed by atoms with van der Waals surface area (Å²) in [6.07, 6.45) is 2.83. The molecule has 1 saturated heterocycles. The number of thioether (sulfide) groups is 1. The lowest BCUT2D eigenvalue weighted by Gasteiger charge is -2.22. The first-order valence-corrected chi connectivity index (χ1v) is 6.31. The molecule has 1 aromatic carbocycles. The van der Waals surface area contributed by atoms with Crippen molar-refractivity contribution < 1.29 is 4.74 Å². The van der Waals surface area contributed by atoms with E-state index in [1.54, 1.807) is 0 Å². The summed E-state index contributed by atoms with van der Waals surface area (Å²) in [6, 6.07) is 8.32. The first kappa shape index (κ1) is 9.91. The second kappa shape index (κ2) is 4.74. The molecule has 2 heteroatoms. The van der Waals surface area contributed by atoms with Crippen molar-refractivity contribution in [1.29, 1.82) is 0 Å². The van der Waals surface area contributed by atoms with E-state index in [1.807, 2.05) is 11.8 Å². The number of ether oxygens (including phenoxy) is 1. The first-order valence-electron chi connectivity index (χ1n) is 5.16. The van der Waals surface area contributed by atoms with E-state index >= 15 is 0 Å². The van der Waals surface area contributed by atoms with Gasteiger partial charge in [-0.15, -0.1) is 0 Å². The van der Waals surface area contributed by atoms with Gasteiger partial charge in [0, 0.05) is 0 Å². The van der Waals surface area contributed by atoms with Crippen LogP contribution in [-0.2, 0) is 0 Å². The van der Waals surface area contributed by atoms with Crippen molar-refractivity contribution >= 4 is 11.8 Å². The Kier molecular flexibility index (Phi) is 3.35. The second-order valence-electron chi connectivity index (χ2n) is 3.75. The van der Waals surface area contributed by atoms with Crippen molar-refractivity contribution in [2.24, 2.45) is 0 Å². The van der Waals surface area contributed by atoms with Crippen LogP contribution in [0.25, 0.3) is 0 Å². The topological polar surface area (TPSA) is 9.23 Å². The molecule has 0 unspecified atom stereocenters. The number of benzene rings is 1. The third-order valence-corrected chi connectivity index (χ3v) is 3.51. The van der Waals surface area contributed by atoms with E-state index < -0.39 is 0 Å². The zero-order valence-electron chi connectivity index (χ0n) is 8.53. The molecule has 0 amide bonds. The average Bonchev–Trinajstić information content (AvgIpc) is 2.19. The van der Waals surface area contributed by atoms with Crippen LogP contribution in [0.15, 0.2) is 24.3 Å². The Labute approximate surface area is 89.9 Å². The standard InChI is InChI=1S/C12H16OS/c1-10-3-2-4-12(9-10)13-11-5-7-14-8-6-11/h2-4,9,11H,5-8H2,1H3. The number of aryl methyl sites for hydroxylation is 1. The molecule has 0 saturated carbocycles. The molecule has 1 aliphatic heterocycles. The Morgan fingerprint density at radius 1 is 1.29 bits per heavy atom. The maximum atomic E-state index is 5.92. The summed E-state index contributed by atoms with van der Waals surface area (Å²) in [5, 5.41) is 0. The molecule has 0 atom stereocenters. The van der Waals surface area contributed by atoms with Crippen molar-refractivity contribution in [3.05, 3.63) is 29.8 Å². The van der Waals surface area contributed by atoms with Crippen LogP contribution in [0.3, 0.4) is 0 Å². The van der Waals surface area contributed by atoms with Gasteiger partial charge in [0.25, 0.3) is 0 Å². The average molecular weight is 208 g/mol. The lowest BCUT2D eigenvalue weighted by molar-refractivity contribution is 0.192. The van der Waals surface area contributed by atoms with E-state index in [-0.39, 0.29) is 0 Å². The highest BCUT2D eigenvalue weighted by Crippen LogP contribution is 2.22. The predicted octanol–water partition coefficient (Wildman–Crippen LogP) is 3.27. The van der Waals surface area contributed by atoms with E-state index in [4.69, 9.17) is 4.74 Å². The van der Waals surface area contributed by atoms with Crippen LogP contribution in [0.4, 0.5) is 0 Å². The smallest absolute Gasteiger partial charge is 0.119 e. The third-order valence-electron chi connectivity index (χ3n) is 2.46. The SMILES string of the molecule is Cc1cccc(OC2CCSCC2)c1. The highest BCUT2D eigenvalue weighted by Gasteiger charge is 2.14. The van der Waals surface area contributed by atoms with Crippen LogP contribution in [0.1, 0.15) is 18.4 Å². The molecule has 1 fully saturated rings. The minimum atomic E-state index is 0.443. The van der Waals surface area contributed by atoms with Gasteiger partial charge in [0.05, 0.1) is 0 Å². The highest BCUT2D eigenvalue weighted by molar-refractivity contribution is 7.99. The van der Waals surface area contributed by atoms with Crippen molar-refractivity contribution in [3.63, 3.8) is 0 Å². The molecule has 0 radical (unpaired) electrons. The molecule has 1 heterocycles. The maximum absolute atomic E-state index is 5.92. The lowest BCUT2D eigenvalue weighted by atomic mass is 10.2. The van der Waals surface area contributed by atoms with Gasteiger partial charge in [0.1, 0.15) is 11.9 Å². The third kappa shape index (κ3) is 2.68. The minimum absolute atomic E-state index is 0.443. The summed E-state index contributed by atoms with van der Waals surface area (Å²) in [5.74, 6) is 3.52. The second-order valence-corrected chi connectivity index (χ2v) is 4.97. The predicted molar refractivity (Wildman–Crippen MR) is 62.2 cm³/mol. The fourth-order valence-electron chi connectivity index (χ4n) is 1.67. The van der Waals surface area contributed by atoms with Gasteiger partial charge in [-0.05, 0) is 49.0 Å². The largest absolute Gasteiger partial charge is 0.490 e. The van der Waals surface area contributed by atoms with Crippen molar-refractivity contribution in [2.45, 2.75) is 25.9 Å². The number of hydrogen-bond acceptors (Lipinski definition) is 2. The summed E-state index contributed by atoms with van der Waals surface area (Å²) in [6.45, 7) is 2.10. The monoisotopic (exact) mass is 208 g/mol. The lowest BCUT2D eigenvalue weighted by Crippen LogP contribution is -2.21. The zero-order chi connectivity index (χ0) is 9.80. The van der Waals surface area contributed by atoms with Crippen molar-refractivity contribution in [2.75, 3.05) is 11.5 Å². The Bertz CT molecular complexity index is 292. The van der Waals surface area contributed by atoms with Gasteiger partial charge >= 0.3 is 0 Å². The molecule has 0 aromatic heterocycles. The van der Waals surface area contributed by atoms with Gasteiger partial charge in [-0.1, -0.05) is 12.1 Å². The van der Waals surface area contributed by atoms with Gasteiger partial charge in [0.2, 0.25) is 0 Å². The van der Waals surface area contributed by atoms with Gasteiger partial charge in [-0.3, -0.25) is 0 Å². The van der Waals surface area contributed by atoms with E-state index in [0.29, 0.717) is 6.10 Å². The van der Waals surface area contributed by atoms with Gasteiger partial charge in [-0.25, -0.2) is 0 Å². The van der Waals surface area contributed by atoms with Crippen molar-refractivity contribution in [1.82, 2.24) is 0 Å². The summed E-state index contributed by atoms with van der Waals surface area (Å²) < 4.78 is 5.92. The molecule has 14 heavy (non-hydrogen) atoms. The van der Waals surface area contributed by atoms with Crippen molar-refractivity contribution in [3.8, 4) is 5.75 Å². The molecular weight excluding hydrogens is 192 g/mol. The van der Waals surface area contributed by atoms with E-state index in [1.165, 1.54) is 29.9 Å². The fourth-order valence-corrected chi connectivity index (χ4v) is 2.74. The Hall–Kier alpha value is -0.630. The van der Waals surface area contributed by atoms with Crippen LogP contribution >= 0.6 is 11.8 Å². The fraction of sp³-hybridized carbons (Fsp3) is 0.500. The molecule has 0 N–H and O–H groups in total. The van der Waals surface area contributed by atoms with E-state index in [2.05, 4.69) is 31.2 Å². The van der Waals surface area contributed by atoms with Crippen LogP contribution < -0.4 is 4.74 Å². The molecule has 1 aliphatic rings. The molecule has 76 valence electrons. The minimum Gasteiger partial charge on any atom is -0.490 e. The van der Waals surface area contributed by atoms with E-state index in [9.17, 15) is 0 Å². The Balaban J connectivity index is 1.95. The summed E-state index contributed by atoms with van der Waals surface area (Å²) in [7, 11) is 0. The molecule has 1 nitrogen and oxygen atoms in total.